The van der Waals surface area contributed by atoms with Gasteiger partial charge >= 0.3 is 0 Å². The molecule has 0 saturated heterocycles. The van der Waals surface area contributed by atoms with E-state index in [2.05, 4.69) is 16.0 Å². The van der Waals surface area contributed by atoms with Crippen molar-refractivity contribution in [3.05, 3.63) is 89.7 Å². The van der Waals surface area contributed by atoms with Gasteiger partial charge in [0.1, 0.15) is 11.6 Å². The molecule has 0 N–H and O–H groups in total. The molecule has 0 radical (unpaired) electrons. The van der Waals surface area contributed by atoms with E-state index in [0.717, 1.165) is 45.0 Å². The molecule has 152 valence electrons. The summed E-state index contributed by atoms with van der Waals surface area (Å²) in [7, 11) is 3.81. The number of carbonyl (C=O) groups excluding carboxylic acids is 1. The molecule has 1 aromatic heterocycles. The maximum Gasteiger partial charge on any atom is 0.258 e. The van der Waals surface area contributed by atoms with Gasteiger partial charge in [0.05, 0.1) is 11.2 Å². The lowest BCUT2D eigenvalue weighted by molar-refractivity contribution is -0.112. The first-order valence-corrected chi connectivity index (χ1v) is 10.2. The largest absolute Gasteiger partial charge is 0.329 e. The second-order valence-corrected chi connectivity index (χ2v) is 7.70. The van der Waals surface area contributed by atoms with Crippen molar-refractivity contribution in [2.75, 3.05) is 23.9 Å². The van der Waals surface area contributed by atoms with Crippen LogP contribution < -0.4 is 9.80 Å². The first-order valence-electron chi connectivity index (χ1n) is 10.2. The first-order chi connectivity index (χ1) is 15.0. The van der Waals surface area contributed by atoms with Crippen molar-refractivity contribution in [2.24, 2.45) is 0 Å². The van der Waals surface area contributed by atoms with Gasteiger partial charge in [-0.1, -0.05) is 42.5 Å². The molecule has 1 aliphatic rings. The van der Waals surface area contributed by atoms with Crippen LogP contribution in [0.15, 0.2) is 72.8 Å². The summed E-state index contributed by atoms with van der Waals surface area (Å²) in [6.45, 7) is 1.90. The molecule has 4 aromatic rings. The number of hydrogen-bond donors (Lipinski definition) is 0. The number of para-hydroxylation sites is 1. The highest BCUT2D eigenvalue weighted by molar-refractivity contribution is 6.35. The standard InChI is InChI=1S/C26H22N4O/c1-17-27-23-12-8-7-11-20(23)25(28-17)29(2)19-13-14-24-21(16-19)22(26(31)30(24)3)15-18-9-5-4-6-10-18/h4-16H,1-3H3/b22-15-. The summed E-state index contributed by atoms with van der Waals surface area (Å²) < 4.78 is 0. The molecule has 0 fully saturated rings. The number of benzene rings is 3. The Bertz CT molecular complexity index is 1340. The van der Waals surface area contributed by atoms with E-state index in [1.54, 1.807) is 4.90 Å². The minimum absolute atomic E-state index is 0.00184. The number of hydrogen-bond acceptors (Lipinski definition) is 4. The summed E-state index contributed by atoms with van der Waals surface area (Å²) >= 11 is 0. The van der Waals surface area contributed by atoms with Gasteiger partial charge in [-0.3, -0.25) is 4.79 Å². The lowest BCUT2D eigenvalue weighted by Gasteiger charge is -2.21. The van der Waals surface area contributed by atoms with Crippen molar-refractivity contribution in [3.63, 3.8) is 0 Å². The van der Waals surface area contributed by atoms with E-state index in [-0.39, 0.29) is 5.91 Å². The van der Waals surface area contributed by atoms with E-state index in [0.29, 0.717) is 5.57 Å². The van der Waals surface area contributed by atoms with Crippen LogP contribution in [-0.4, -0.2) is 30.0 Å². The van der Waals surface area contributed by atoms with Gasteiger partial charge in [0.25, 0.3) is 5.91 Å². The van der Waals surface area contributed by atoms with Crippen LogP contribution in [0.3, 0.4) is 0 Å². The van der Waals surface area contributed by atoms with Crippen LogP contribution in [0.25, 0.3) is 22.6 Å². The zero-order valence-corrected chi connectivity index (χ0v) is 17.7. The molecule has 0 spiro atoms. The summed E-state index contributed by atoms with van der Waals surface area (Å²) in [6.07, 6.45) is 1.96. The molecule has 1 amide bonds. The third-order valence-corrected chi connectivity index (χ3v) is 5.68. The predicted octanol–water partition coefficient (Wildman–Crippen LogP) is 5.22. The topological polar surface area (TPSA) is 49.3 Å². The van der Waals surface area contributed by atoms with Crippen molar-refractivity contribution < 1.29 is 4.79 Å². The van der Waals surface area contributed by atoms with Gasteiger partial charge in [-0.05, 0) is 48.9 Å². The number of amides is 1. The van der Waals surface area contributed by atoms with Gasteiger partial charge in [0.2, 0.25) is 0 Å². The van der Waals surface area contributed by atoms with Crippen molar-refractivity contribution in [3.8, 4) is 0 Å². The molecule has 5 heteroatoms. The second-order valence-electron chi connectivity index (χ2n) is 7.70. The Morgan fingerprint density at radius 3 is 2.48 bits per heavy atom. The highest BCUT2D eigenvalue weighted by Crippen LogP contribution is 2.40. The Balaban J connectivity index is 1.63. The molecule has 0 aliphatic carbocycles. The van der Waals surface area contributed by atoms with E-state index in [9.17, 15) is 4.79 Å². The third-order valence-electron chi connectivity index (χ3n) is 5.68. The molecule has 0 atom stereocenters. The fourth-order valence-corrected chi connectivity index (χ4v) is 4.05. The number of likely N-dealkylation sites (N-methyl/N-ethyl adjacent to an activating group) is 1. The molecular weight excluding hydrogens is 384 g/mol. The van der Waals surface area contributed by atoms with Gasteiger partial charge in [0.15, 0.2) is 0 Å². The molecule has 3 aromatic carbocycles. The summed E-state index contributed by atoms with van der Waals surface area (Å²) in [4.78, 5) is 26.0. The van der Waals surface area contributed by atoms with E-state index in [1.165, 1.54) is 0 Å². The van der Waals surface area contributed by atoms with Gasteiger partial charge in [0, 0.05) is 36.3 Å². The maximum atomic E-state index is 13.0. The van der Waals surface area contributed by atoms with Crippen molar-refractivity contribution in [1.29, 1.82) is 0 Å². The summed E-state index contributed by atoms with van der Waals surface area (Å²) in [5.74, 6) is 1.57. The Labute approximate surface area is 181 Å². The molecule has 0 unspecified atom stereocenters. The van der Waals surface area contributed by atoms with Crippen molar-refractivity contribution in [1.82, 2.24) is 9.97 Å². The molecule has 31 heavy (non-hydrogen) atoms. The Morgan fingerprint density at radius 1 is 0.935 bits per heavy atom. The zero-order valence-electron chi connectivity index (χ0n) is 17.7. The van der Waals surface area contributed by atoms with Crippen molar-refractivity contribution >= 4 is 45.7 Å². The monoisotopic (exact) mass is 406 g/mol. The van der Waals surface area contributed by atoms with Crippen LogP contribution in [0.4, 0.5) is 17.2 Å². The Morgan fingerprint density at radius 2 is 1.68 bits per heavy atom. The maximum absolute atomic E-state index is 13.0. The minimum Gasteiger partial charge on any atom is -0.329 e. The number of anilines is 3. The molecule has 5 rings (SSSR count). The number of nitrogens with zero attached hydrogens (tertiary/aromatic N) is 4. The van der Waals surface area contributed by atoms with Crippen LogP contribution in [0, 0.1) is 6.92 Å². The number of rotatable bonds is 3. The number of aromatic nitrogens is 2. The van der Waals surface area contributed by atoms with Gasteiger partial charge in [-0.2, -0.15) is 0 Å². The molecule has 1 aliphatic heterocycles. The fraction of sp³-hybridized carbons (Fsp3) is 0.115. The lowest BCUT2D eigenvalue weighted by Crippen LogP contribution is -2.20. The highest BCUT2D eigenvalue weighted by Gasteiger charge is 2.30. The number of fused-ring (bicyclic) bond motifs is 2. The summed E-state index contributed by atoms with van der Waals surface area (Å²) in [6, 6.07) is 24.0. The number of carbonyl (C=O) groups is 1. The minimum atomic E-state index is 0.00184. The average molecular weight is 406 g/mol. The van der Waals surface area contributed by atoms with Crippen LogP contribution in [0.5, 0.6) is 0 Å². The highest BCUT2D eigenvalue weighted by atomic mass is 16.2. The third kappa shape index (κ3) is 3.24. The first kappa shape index (κ1) is 19.0. The van der Waals surface area contributed by atoms with Crippen LogP contribution in [0.2, 0.25) is 0 Å². The van der Waals surface area contributed by atoms with Gasteiger partial charge in [-0.15, -0.1) is 0 Å². The average Bonchev–Trinajstić information content (AvgIpc) is 3.03. The van der Waals surface area contributed by atoms with Gasteiger partial charge < -0.3 is 9.80 Å². The normalized spacial score (nSPS) is 14.4. The van der Waals surface area contributed by atoms with Crippen molar-refractivity contribution in [2.45, 2.75) is 6.92 Å². The molecule has 5 nitrogen and oxygen atoms in total. The summed E-state index contributed by atoms with van der Waals surface area (Å²) in [5.41, 5.74) is 5.41. The molecule has 0 saturated carbocycles. The lowest BCUT2D eigenvalue weighted by atomic mass is 10.0. The van der Waals surface area contributed by atoms with Gasteiger partial charge in [-0.25, -0.2) is 9.97 Å². The zero-order chi connectivity index (χ0) is 21.5. The second kappa shape index (κ2) is 7.36. The summed E-state index contributed by atoms with van der Waals surface area (Å²) in [5, 5.41) is 0.990. The molecule has 2 heterocycles. The quantitative estimate of drug-likeness (QED) is 0.438. The Hall–Kier alpha value is -3.99. The Kier molecular flexibility index (Phi) is 4.51. The predicted molar refractivity (Wildman–Crippen MR) is 127 cm³/mol. The number of aryl methyl sites for hydroxylation is 1. The van der Waals surface area contributed by atoms with Crippen LogP contribution in [-0.2, 0) is 4.79 Å². The SMILES string of the molecule is Cc1nc(N(C)c2ccc3c(c2)/C(=C/c2ccccc2)C(=O)N3C)c2ccccc2n1. The molecule has 0 bridgehead atoms. The van der Waals surface area contributed by atoms with E-state index >= 15 is 0 Å². The molecular formula is C26H22N4O. The van der Waals surface area contributed by atoms with Crippen LogP contribution >= 0.6 is 0 Å². The smallest absolute Gasteiger partial charge is 0.258 e. The van der Waals surface area contributed by atoms with E-state index in [4.69, 9.17) is 4.98 Å². The fourth-order valence-electron chi connectivity index (χ4n) is 4.05. The van der Waals surface area contributed by atoms with E-state index in [1.807, 2.05) is 93.8 Å². The van der Waals surface area contributed by atoms with Crippen LogP contribution in [0.1, 0.15) is 17.0 Å². The van der Waals surface area contributed by atoms with E-state index < -0.39 is 0 Å².